The molecule has 0 unspecified atom stereocenters. The van der Waals surface area contributed by atoms with Crippen LogP contribution in [0.25, 0.3) is 0 Å². The van der Waals surface area contributed by atoms with Crippen LogP contribution in [0.1, 0.15) is 16.7 Å². The number of hydrogen-bond acceptors (Lipinski definition) is 4. The second kappa shape index (κ2) is 17.6. The Labute approximate surface area is 360 Å². The number of rotatable bonds is 12. The van der Waals surface area contributed by atoms with Crippen LogP contribution in [0.4, 0.5) is 68.2 Å². The van der Waals surface area contributed by atoms with Crippen molar-refractivity contribution in [1.29, 1.82) is 0 Å². The Bertz CT molecular complexity index is 2650. The summed E-state index contributed by atoms with van der Waals surface area (Å²) >= 11 is 0. The Balaban J connectivity index is 1.13. The first-order valence-corrected chi connectivity index (χ1v) is 20.8. The lowest BCUT2D eigenvalue weighted by Crippen LogP contribution is -2.14. The lowest BCUT2D eigenvalue weighted by molar-refractivity contribution is 1.23. The highest BCUT2D eigenvalue weighted by atomic mass is 15.2. The van der Waals surface area contributed by atoms with Crippen LogP contribution in [-0.4, -0.2) is 0 Å². The summed E-state index contributed by atoms with van der Waals surface area (Å²) in [6, 6.07) is 84.6. The van der Waals surface area contributed by atoms with Gasteiger partial charge in [0.25, 0.3) is 0 Å². The quantitative estimate of drug-likeness (QED) is 0.122. The van der Waals surface area contributed by atoms with Crippen molar-refractivity contribution in [3.63, 3.8) is 0 Å². The van der Waals surface area contributed by atoms with Gasteiger partial charge < -0.3 is 19.6 Å². The van der Waals surface area contributed by atoms with E-state index in [1.54, 1.807) is 0 Å². The summed E-state index contributed by atoms with van der Waals surface area (Å²) in [7, 11) is 0. The smallest absolute Gasteiger partial charge is 0.0464 e. The van der Waals surface area contributed by atoms with Crippen molar-refractivity contribution in [2.75, 3.05) is 19.6 Å². The first-order valence-electron chi connectivity index (χ1n) is 20.8. The van der Waals surface area contributed by atoms with E-state index in [1.165, 1.54) is 16.7 Å². The molecule has 0 amide bonds. The van der Waals surface area contributed by atoms with Gasteiger partial charge in [-0.25, -0.2) is 0 Å². The molecule has 0 aliphatic rings. The summed E-state index contributed by atoms with van der Waals surface area (Å²) in [5, 5.41) is 0. The number of nitrogens with zero attached hydrogens (tertiary/aromatic N) is 4. The molecular formula is C57H48N4. The minimum absolute atomic E-state index is 1.05. The minimum Gasteiger partial charge on any atom is -0.311 e. The third-order valence-electron chi connectivity index (χ3n) is 11.0. The Morgan fingerprint density at radius 1 is 0.180 bits per heavy atom. The molecule has 9 rings (SSSR count). The van der Waals surface area contributed by atoms with Crippen molar-refractivity contribution >= 4 is 68.2 Å². The van der Waals surface area contributed by atoms with E-state index in [0.717, 1.165) is 68.2 Å². The molecule has 4 heteroatoms. The van der Waals surface area contributed by atoms with E-state index in [9.17, 15) is 0 Å². The molecule has 296 valence electrons. The fraction of sp³-hybridized carbons (Fsp3) is 0.0526. The molecule has 0 N–H and O–H groups in total. The van der Waals surface area contributed by atoms with Crippen LogP contribution in [0.3, 0.4) is 0 Å². The second-order valence-electron chi connectivity index (χ2n) is 15.4. The van der Waals surface area contributed by atoms with Crippen LogP contribution in [0.2, 0.25) is 0 Å². The van der Waals surface area contributed by atoms with Gasteiger partial charge in [0.2, 0.25) is 0 Å². The van der Waals surface area contributed by atoms with Gasteiger partial charge in [0.15, 0.2) is 0 Å². The summed E-state index contributed by atoms with van der Waals surface area (Å²) in [4.78, 5) is 9.28. The maximum atomic E-state index is 2.34. The van der Waals surface area contributed by atoms with Crippen LogP contribution in [0.5, 0.6) is 0 Å². The standard InChI is InChI=1S/C57H48N4/c1-43-22-26-49(27-23-43)58(46-15-7-4-8-16-46)51-30-34-53(35-31-51)60(54-36-32-52(33-37-54)59(47-17-9-5-10-18-47)50-28-24-44(2)25-29-50)55-38-40-56(41-39-55)61(48-19-11-6-12-20-48)57-21-13-14-45(3)42-57/h4-42H,1-3H3. The molecule has 61 heavy (non-hydrogen) atoms. The highest BCUT2D eigenvalue weighted by molar-refractivity contribution is 5.85. The molecule has 9 aromatic rings. The van der Waals surface area contributed by atoms with Crippen molar-refractivity contribution in [2.24, 2.45) is 0 Å². The topological polar surface area (TPSA) is 13.0 Å². The normalized spacial score (nSPS) is 10.9. The zero-order valence-electron chi connectivity index (χ0n) is 34.8. The molecule has 0 fully saturated rings. The van der Waals surface area contributed by atoms with E-state index in [0.29, 0.717) is 0 Å². The van der Waals surface area contributed by atoms with Gasteiger partial charge in [-0.15, -0.1) is 0 Å². The van der Waals surface area contributed by atoms with E-state index in [4.69, 9.17) is 0 Å². The summed E-state index contributed by atoms with van der Waals surface area (Å²) < 4.78 is 0. The lowest BCUT2D eigenvalue weighted by atomic mass is 10.1. The number of hydrogen-bond donors (Lipinski definition) is 0. The molecule has 0 saturated carbocycles. The molecule has 0 aromatic heterocycles. The van der Waals surface area contributed by atoms with Gasteiger partial charge in [-0.1, -0.05) is 102 Å². The summed E-state index contributed by atoms with van der Waals surface area (Å²) in [6.07, 6.45) is 0. The van der Waals surface area contributed by atoms with Gasteiger partial charge in [0.05, 0.1) is 0 Å². The first-order chi connectivity index (χ1) is 30.0. The summed E-state index contributed by atoms with van der Waals surface area (Å²) in [5.41, 5.74) is 16.8. The summed E-state index contributed by atoms with van der Waals surface area (Å²) in [6.45, 7) is 6.40. The van der Waals surface area contributed by atoms with Crippen LogP contribution >= 0.6 is 0 Å². The van der Waals surface area contributed by atoms with Crippen molar-refractivity contribution < 1.29 is 0 Å². The molecule has 0 aliphatic heterocycles. The van der Waals surface area contributed by atoms with E-state index in [2.05, 4.69) is 277 Å². The average molecular weight is 789 g/mol. The molecular weight excluding hydrogens is 741 g/mol. The predicted octanol–water partition coefficient (Wildman–Crippen LogP) is 16.5. The highest BCUT2D eigenvalue weighted by Gasteiger charge is 2.19. The highest BCUT2D eigenvalue weighted by Crippen LogP contribution is 2.43. The SMILES string of the molecule is Cc1ccc(N(c2ccccc2)c2ccc(N(c3ccc(N(c4ccccc4)c4ccc(C)cc4)cc3)c3ccc(N(c4ccccc4)c4cccc(C)c4)cc3)cc2)cc1. The van der Waals surface area contributed by atoms with Crippen molar-refractivity contribution in [3.8, 4) is 0 Å². The molecule has 0 saturated heterocycles. The molecule has 0 atom stereocenters. The first kappa shape index (κ1) is 38.7. The maximum absolute atomic E-state index is 2.34. The third-order valence-corrected chi connectivity index (χ3v) is 11.0. The van der Waals surface area contributed by atoms with Crippen LogP contribution in [0.15, 0.2) is 237 Å². The number of anilines is 12. The molecule has 9 aromatic carbocycles. The van der Waals surface area contributed by atoms with E-state index in [-0.39, 0.29) is 0 Å². The van der Waals surface area contributed by atoms with Gasteiger partial charge in [0, 0.05) is 68.2 Å². The van der Waals surface area contributed by atoms with E-state index < -0.39 is 0 Å². The Hall–Kier alpha value is -7.82. The predicted molar refractivity (Wildman–Crippen MR) is 259 cm³/mol. The maximum Gasteiger partial charge on any atom is 0.0464 e. The van der Waals surface area contributed by atoms with Crippen molar-refractivity contribution in [3.05, 3.63) is 253 Å². The fourth-order valence-corrected chi connectivity index (χ4v) is 7.93. The monoisotopic (exact) mass is 788 g/mol. The summed E-state index contributed by atoms with van der Waals surface area (Å²) in [5.74, 6) is 0. The molecule has 0 radical (unpaired) electrons. The molecule has 0 heterocycles. The van der Waals surface area contributed by atoms with Crippen LogP contribution in [-0.2, 0) is 0 Å². The van der Waals surface area contributed by atoms with Gasteiger partial charge in [-0.2, -0.15) is 0 Å². The zero-order chi connectivity index (χ0) is 41.5. The van der Waals surface area contributed by atoms with Crippen LogP contribution in [0, 0.1) is 20.8 Å². The third kappa shape index (κ3) is 8.52. The minimum atomic E-state index is 1.05. The van der Waals surface area contributed by atoms with Crippen LogP contribution < -0.4 is 19.6 Å². The fourth-order valence-electron chi connectivity index (χ4n) is 7.93. The van der Waals surface area contributed by atoms with Gasteiger partial charge in [0.1, 0.15) is 0 Å². The van der Waals surface area contributed by atoms with E-state index >= 15 is 0 Å². The second-order valence-corrected chi connectivity index (χ2v) is 15.4. The van der Waals surface area contributed by atoms with Gasteiger partial charge >= 0.3 is 0 Å². The average Bonchev–Trinajstić information content (AvgIpc) is 3.31. The molecule has 4 nitrogen and oxygen atoms in total. The van der Waals surface area contributed by atoms with E-state index in [1.807, 2.05) is 0 Å². The van der Waals surface area contributed by atoms with Crippen molar-refractivity contribution in [1.82, 2.24) is 0 Å². The van der Waals surface area contributed by atoms with Gasteiger partial charge in [-0.3, -0.25) is 0 Å². The Kier molecular flexibility index (Phi) is 11.1. The zero-order valence-corrected chi connectivity index (χ0v) is 34.8. The number of benzene rings is 9. The molecule has 0 aliphatic carbocycles. The number of aryl methyl sites for hydroxylation is 3. The molecule has 0 bridgehead atoms. The lowest BCUT2D eigenvalue weighted by Gasteiger charge is -2.30. The number of para-hydroxylation sites is 3. The van der Waals surface area contributed by atoms with Crippen molar-refractivity contribution in [2.45, 2.75) is 20.8 Å². The van der Waals surface area contributed by atoms with Gasteiger partial charge in [-0.05, 0) is 172 Å². The Morgan fingerprint density at radius 2 is 0.393 bits per heavy atom. The largest absolute Gasteiger partial charge is 0.311 e. The molecule has 0 spiro atoms. The Morgan fingerprint density at radius 3 is 0.656 bits per heavy atom.